The van der Waals surface area contributed by atoms with Gasteiger partial charge in [0.05, 0.1) is 17.4 Å². The van der Waals surface area contributed by atoms with Crippen molar-refractivity contribution in [3.05, 3.63) is 36.5 Å². The third-order valence-electron chi connectivity index (χ3n) is 3.06. The Morgan fingerprint density at radius 3 is 2.95 bits per heavy atom. The summed E-state index contributed by atoms with van der Waals surface area (Å²) in [6.07, 6.45) is 3.38. The van der Waals surface area contributed by atoms with Gasteiger partial charge in [0.1, 0.15) is 6.20 Å². The summed E-state index contributed by atoms with van der Waals surface area (Å²) in [6.45, 7) is 1.83. The molecule has 0 saturated heterocycles. The molecule has 2 heterocycles. The third kappa shape index (κ3) is 2.25. The van der Waals surface area contributed by atoms with Gasteiger partial charge in [0, 0.05) is 0 Å². The van der Waals surface area contributed by atoms with E-state index >= 15 is 0 Å². The zero-order valence-corrected chi connectivity index (χ0v) is 11.7. The maximum absolute atomic E-state index is 11.7. The SMILES string of the molecule is CCS(=O)(=O)ON1CC=N[n+]2ccc3ccccc3c21. The predicted octanol–water partition coefficient (Wildman–Crippen LogP) is 1.06. The summed E-state index contributed by atoms with van der Waals surface area (Å²) in [5, 5.41) is 7.47. The lowest BCUT2D eigenvalue weighted by Gasteiger charge is -2.17. The Morgan fingerprint density at radius 2 is 2.15 bits per heavy atom. The smallest absolute Gasteiger partial charge is 0.196 e. The van der Waals surface area contributed by atoms with Crippen LogP contribution in [0.2, 0.25) is 0 Å². The molecule has 0 radical (unpaired) electrons. The van der Waals surface area contributed by atoms with E-state index in [2.05, 4.69) is 5.10 Å². The molecule has 0 bridgehead atoms. The van der Waals surface area contributed by atoms with Crippen LogP contribution in [0.15, 0.2) is 41.6 Å². The van der Waals surface area contributed by atoms with E-state index in [1.54, 1.807) is 24.0 Å². The van der Waals surface area contributed by atoms with E-state index in [9.17, 15) is 8.42 Å². The van der Waals surface area contributed by atoms with Gasteiger partial charge >= 0.3 is 15.9 Å². The van der Waals surface area contributed by atoms with E-state index in [0.717, 1.165) is 10.8 Å². The number of benzene rings is 1. The van der Waals surface area contributed by atoms with E-state index in [-0.39, 0.29) is 12.3 Å². The molecule has 2 aromatic rings. The van der Waals surface area contributed by atoms with Gasteiger partial charge < -0.3 is 0 Å². The van der Waals surface area contributed by atoms with Crippen molar-refractivity contribution in [2.45, 2.75) is 6.92 Å². The topological polar surface area (TPSA) is 62.9 Å². The molecule has 0 aliphatic carbocycles. The largest absolute Gasteiger partial charge is 0.342 e. The molecule has 0 fully saturated rings. The zero-order valence-electron chi connectivity index (χ0n) is 10.9. The average Bonchev–Trinajstić information content (AvgIpc) is 2.47. The van der Waals surface area contributed by atoms with Crippen molar-refractivity contribution < 1.29 is 17.4 Å². The molecule has 0 N–H and O–H groups in total. The minimum Gasteiger partial charge on any atom is -0.196 e. The molecular weight excluding hydrogens is 278 g/mol. The van der Waals surface area contributed by atoms with Crippen molar-refractivity contribution in [2.24, 2.45) is 5.10 Å². The summed E-state index contributed by atoms with van der Waals surface area (Å²) in [5.74, 6) is 0.536. The fraction of sp³-hybridized carbons (Fsp3) is 0.231. The molecule has 0 unspecified atom stereocenters. The van der Waals surface area contributed by atoms with Crippen LogP contribution in [0.5, 0.6) is 0 Å². The summed E-state index contributed by atoms with van der Waals surface area (Å²) < 4.78 is 30.2. The highest BCUT2D eigenvalue weighted by atomic mass is 32.2. The first-order chi connectivity index (χ1) is 9.61. The molecule has 0 amide bonds. The second kappa shape index (κ2) is 4.84. The van der Waals surface area contributed by atoms with E-state index in [4.69, 9.17) is 4.28 Å². The second-order valence-electron chi connectivity index (χ2n) is 4.35. The third-order valence-corrected chi connectivity index (χ3v) is 4.18. The number of aromatic nitrogens is 1. The van der Waals surface area contributed by atoms with Gasteiger partial charge in [-0.1, -0.05) is 32.6 Å². The van der Waals surface area contributed by atoms with Crippen LogP contribution in [-0.2, 0) is 14.4 Å². The first kappa shape index (κ1) is 13.0. The standard InChI is InChI=1S/C13H14N3O3S/c1-2-20(17,18)19-16-10-8-14-15-9-7-11-5-3-4-6-12(11)13(15)16/h3-9H,2,10H2,1H3/q+1. The van der Waals surface area contributed by atoms with Crippen LogP contribution in [0.1, 0.15) is 6.92 Å². The van der Waals surface area contributed by atoms with Gasteiger partial charge in [-0.3, -0.25) is 0 Å². The number of pyridine rings is 1. The quantitative estimate of drug-likeness (QED) is 0.794. The lowest BCUT2D eigenvalue weighted by molar-refractivity contribution is -0.667. The minimum absolute atomic E-state index is 0.0780. The average molecular weight is 292 g/mol. The van der Waals surface area contributed by atoms with Crippen LogP contribution >= 0.6 is 0 Å². The summed E-state index contributed by atoms with van der Waals surface area (Å²) in [7, 11) is -3.58. The van der Waals surface area contributed by atoms with Crippen LogP contribution in [0.3, 0.4) is 0 Å². The zero-order chi connectivity index (χ0) is 14.2. The maximum atomic E-state index is 11.7. The Morgan fingerprint density at radius 1 is 1.35 bits per heavy atom. The Labute approximate surface area is 117 Å². The van der Waals surface area contributed by atoms with Crippen molar-refractivity contribution >= 4 is 32.9 Å². The van der Waals surface area contributed by atoms with E-state index in [1.165, 1.54) is 5.06 Å². The lowest BCUT2D eigenvalue weighted by Crippen LogP contribution is -2.45. The Balaban J connectivity index is 2.16. The number of hydrogen-bond donors (Lipinski definition) is 0. The van der Waals surface area contributed by atoms with Crippen LogP contribution in [0.4, 0.5) is 5.82 Å². The predicted molar refractivity (Wildman–Crippen MR) is 75.9 cm³/mol. The highest BCUT2D eigenvalue weighted by Crippen LogP contribution is 2.24. The molecule has 1 aliphatic rings. The van der Waals surface area contributed by atoms with Crippen molar-refractivity contribution in [3.8, 4) is 0 Å². The molecule has 3 rings (SSSR count). The van der Waals surface area contributed by atoms with Crippen molar-refractivity contribution in [2.75, 3.05) is 17.4 Å². The van der Waals surface area contributed by atoms with Crippen molar-refractivity contribution in [1.29, 1.82) is 0 Å². The van der Waals surface area contributed by atoms with E-state index < -0.39 is 10.1 Å². The van der Waals surface area contributed by atoms with Crippen LogP contribution < -0.4 is 9.74 Å². The number of anilines is 1. The van der Waals surface area contributed by atoms with Gasteiger partial charge in [-0.25, -0.2) is 0 Å². The molecule has 1 aromatic heterocycles. The van der Waals surface area contributed by atoms with Crippen molar-refractivity contribution in [3.63, 3.8) is 0 Å². The number of hydroxylamine groups is 1. The number of fused-ring (bicyclic) bond motifs is 3. The number of rotatable bonds is 3. The fourth-order valence-electron chi connectivity index (χ4n) is 2.07. The molecule has 20 heavy (non-hydrogen) atoms. The summed E-state index contributed by atoms with van der Waals surface area (Å²) in [5.41, 5.74) is 0. The van der Waals surface area contributed by atoms with Gasteiger partial charge in [0.25, 0.3) is 0 Å². The Bertz CT molecular complexity index is 787. The molecule has 0 atom stereocenters. The lowest BCUT2D eigenvalue weighted by atomic mass is 10.1. The van der Waals surface area contributed by atoms with Gasteiger partial charge in [-0.2, -0.15) is 8.42 Å². The molecule has 1 aliphatic heterocycles. The van der Waals surface area contributed by atoms with E-state index in [0.29, 0.717) is 5.82 Å². The molecular formula is C13H14N3O3S+. The first-order valence-electron chi connectivity index (χ1n) is 6.27. The number of hydrogen-bond acceptors (Lipinski definition) is 5. The van der Waals surface area contributed by atoms with Gasteiger partial charge in [-0.15, -0.1) is 4.68 Å². The highest BCUT2D eigenvalue weighted by molar-refractivity contribution is 7.86. The first-order valence-corrected chi connectivity index (χ1v) is 7.84. The van der Waals surface area contributed by atoms with Crippen LogP contribution in [-0.4, -0.2) is 26.9 Å². The second-order valence-corrected chi connectivity index (χ2v) is 6.19. The molecule has 7 heteroatoms. The van der Waals surface area contributed by atoms with Gasteiger partial charge in [-0.05, 0) is 24.4 Å². The maximum Gasteiger partial charge on any atom is 0.342 e. The monoisotopic (exact) mass is 292 g/mol. The summed E-state index contributed by atoms with van der Waals surface area (Å²) in [4.78, 5) is 0. The Hall–Kier alpha value is -1.99. The number of nitrogens with zero attached hydrogens (tertiary/aromatic N) is 3. The molecule has 0 spiro atoms. The van der Waals surface area contributed by atoms with Crippen molar-refractivity contribution in [1.82, 2.24) is 0 Å². The summed E-state index contributed by atoms with van der Waals surface area (Å²) >= 11 is 0. The van der Waals surface area contributed by atoms with E-state index in [1.807, 2.05) is 30.3 Å². The van der Waals surface area contributed by atoms with Gasteiger partial charge in [0.2, 0.25) is 0 Å². The molecule has 104 valence electrons. The molecule has 0 saturated carbocycles. The fourth-order valence-corrected chi connectivity index (χ4v) is 2.58. The van der Waals surface area contributed by atoms with Gasteiger partial charge in [0.15, 0.2) is 6.54 Å². The summed E-state index contributed by atoms with van der Waals surface area (Å²) in [6, 6.07) is 9.62. The Kier molecular flexibility index (Phi) is 3.15. The van der Waals surface area contributed by atoms with Crippen LogP contribution in [0.25, 0.3) is 10.8 Å². The normalized spacial score (nSPS) is 14.6. The molecule has 6 nitrogen and oxygen atoms in total. The highest BCUT2D eigenvalue weighted by Gasteiger charge is 2.31. The molecule has 1 aromatic carbocycles. The van der Waals surface area contributed by atoms with Crippen LogP contribution in [0, 0.1) is 0 Å². The minimum atomic E-state index is -3.58.